The van der Waals surface area contributed by atoms with E-state index in [-0.39, 0.29) is 18.2 Å². The first-order valence-corrected chi connectivity index (χ1v) is 8.20. The van der Waals surface area contributed by atoms with Crippen LogP contribution in [0.3, 0.4) is 0 Å². The zero-order valence-electron chi connectivity index (χ0n) is 14.8. The van der Waals surface area contributed by atoms with Gasteiger partial charge in [-0.15, -0.1) is 0 Å². The van der Waals surface area contributed by atoms with Gasteiger partial charge in [0.25, 0.3) is 5.91 Å². The Bertz CT molecular complexity index is 518. The molecule has 1 atom stereocenters. The van der Waals surface area contributed by atoms with Crippen LogP contribution in [0.25, 0.3) is 0 Å². The number of nitrogens with zero attached hydrogens (tertiary/aromatic N) is 1. The number of nitrogens with one attached hydrogen (secondary N) is 1. The Hall–Kier alpha value is -2.17. The van der Waals surface area contributed by atoms with Gasteiger partial charge < -0.3 is 4.90 Å². The lowest BCUT2D eigenvalue weighted by atomic mass is 10.0. The highest BCUT2D eigenvalue weighted by molar-refractivity contribution is 6.06. The number of piperidine rings is 1. The molecule has 2 aliphatic rings. The number of carbonyl (C=O) groups is 3. The van der Waals surface area contributed by atoms with Gasteiger partial charge in [0.05, 0.1) is 0 Å². The molecular weight excluding hydrogens is 292 g/mol. The Balaban J connectivity index is 0.00000112. The maximum absolute atomic E-state index is 12.2. The minimum absolute atomic E-state index is 0.197. The fourth-order valence-corrected chi connectivity index (χ4v) is 2.28. The van der Waals surface area contributed by atoms with Gasteiger partial charge in [0.1, 0.15) is 6.04 Å². The van der Waals surface area contributed by atoms with E-state index in [0.717, 1.165) is 0 Å². The number of allylic oxidation sites excluding steroid dienone is 3. The third-order valence-electron chi connectivity index (χ3n) is 3.28. The fourth-order valence-electron chi connectivity index (χ4n) is 2.28. The van der Waals surface area contributed by atoms with Crippen LogP contribution in [0.1, 0.15) is 47.5 Å². The molecular formula is C18H28N2O3. The molecule has 128 valence electrons. The standard InChI is InChI=1S/C14H16N2O3.2C2H6/c1-3-4-5-10-9(2)8-16(14(10)19)11-6-7-12(17)15-13(11)18;2*1-2/h3-5,11H,2,6-8H2,1H3,(H,15,17,18);2*1-2H3/b4-3-,10-5+;;. The second kappa shape index (κ2) is 10.5. The average molecular weight is 320 g/mol. The van der Waals surface area contributed by atoms with Crippen molar-refractivity contribution < 1.29 is 14.4 Å². The quantitative estimate of drug-likeness (QED) is 0.628. The molecule has 0 saturated carbocycles. The van der Waals surface area contributed by atoms with Gasteiger partial charge in [-0.05, 0) is 25.0 Å². The lowest BCUT2D eigenvalue weighted by Gasteiger charge is -2.28. The van der Waals surface area contributed by atoms with E-state index in [1.165, 1.54) is 4.90 Å². The molecule has 5 nitrogen and oxygen atoms in total. The van der Waals surface area contributed by atoms with Gasteiger partial charge in [-0.1, -0.05) is 46.4 Å². The van der Waals surface area contributed by atoms with Crippen molar-refractivity contribution in [1.82, 2.24) is 10.2 Å². The van der Waals surface area contributed by atoms with E-state index in [1.54, 1.807) is 12.2 Å². The second-order valence-corrected chi connectivity index (χ2v) is 4.61. The lowest BCUT2D eigenvalue weighted by molar-refractivity contribution is -0.142. The van der Waals surface area contributed by atoms with Crippen molar-refractivity contribution in [3.63, 3.8) is 0 Å². The molecule has 2 fully saturated rings. The number of amides is 3. The SMILES string of the molecule is C=C1CN(C2CCC(=O)NC2=O)C(=O)/C1=C/C=C\C.CC.CC. The van der Waals surface area contributed by atoms with Gasteiger partial charge in [0.15, 0.2) is 0 Å². The van der Waals surface area contributed by atoms with Crippen LogP contribution in [0.4, 0.5) is 0 Å². The summed E-state index contributed by atoms with van der Waals surface area (Å²) in [4.78, 5) is 36.6. The van der Waals surface area contributed by atoms with Crippen molar-refractivity contribution in [3.05, 3.63) is 36.0 Å². The van der Waals surface area contributed by atoms with Crippen molar-refractivity contribution in [2.75, 3.05) is 6.54 Å². The molecule has 0 radical (unpaired) electrons. The van der Waals surface area contributed by atoms with E-state index >= 15 is 0 Å². The topological polar surface area (TPSA) is 66.5 Å². The molecule has 23 heavy (non-hydrogen) atoms. The molecule has 2 saturated heterocycles. The number of hydrogen-bond donors (Lipinski definition) is 1. The highest BCUT2D eigenvalue weighted by Gasteiger charge is 2.39. The summed E-state index contributed by atoms with van der Waals surface area (Å²) < 4.78 is 0. The van der Waals surface area contributed by atoms with E-state index < -0.39 is 11.9 Å². The van der Waals surface area contributed by atoms with Gasteiger partial charge in [0.2, 0.25) is 11.8 Å². The summed E-state index contributed by atoms with van der Waals surface area (Å²) in [6.45, 7) is 14.1. The Labute approximate surface area is 139 Å². The zero-order chi connectivity index (χ0) is 18.0. The van der Waals surface area contributed by atoms with Crippen LogP contribution in [0.5, 0.6) is 0 Å². The maximum Gasteiger partial charge on any atom is 0.255 e. The first-order valence-electron chi connectivity index (χ1n) is 8.20. The number of imide groups is 1. The molecule has 1 unspecified atom stereocenters. The Morgan fingerprint density at radius 1 is 1.17 bits per heavy atom. The van der Waals surface area contributed by atoms with Crippen molar-refractivity contribution >= 4 is 17.7 Å². The molecule has 1 N–H and O–H groups in total. The Morgan fingerprint density at radius 2 is 1.78 bits per heavy atom. The zero-order valence-corrected chi connectivity index (χ0v) is 14.8. The predicted octanol–water partition coefficient (Wildman–Crippen LogP) is 2.74. The third-order valence-corrected chi connectivity index (χ3v) is 3.28. The van der Waals surface area contributed by atoms with Crippen LogP contribution in [0.15, 0.2) is 36.0 Å². The van der Waals surface area contributed by atoms with E-state index in [0.29, 0.717) is 24.1 Å². The van der Waals surface area contributed by atoms with Crippen LogP contribution in [0, 0.1) is 0 Å². The van der Waals surface area contributed by atoms with Crippen molar-refractivity contribution in [2.24, 2.45) is 0 Å². The van der Waals surface area contributed by atoms with Gasteiger partial charge in [0, 0.05) is 18.5 Å². The summed E-state index contributed by atoms with van der Waals surface area (Å²) >= 11 is 0. The summed E-state index contributed by atoms with van der Waals surface area (Å²) in [5, 5.41) is 2.26. The number of carbonyl (C=O) groups excluding carboxylic acids is 3. The third kappa shape index (κ3) is 5.20. The van der Waals surface area contributed by atoms with Crippen molar-refractivity contribution in [3.8, 4) is 0 Å². The van der Waals surface area contributed by atoms with Crippen LogP contribution in [0.2, 0.25) is 0 Å². The smallest absolute Gasteiger partial charge is 0.255 e. The lowest BCUT2D eigenvalue weighted by Crippen LogP contribution is -2.52. The highest BCUT2D eigenvalue weighted by atomic mass is 16.2. The summed E-state index contributed by atoms with van der Waals surface area (Å²) in [5.41, 5.74) is 1.23. The predicted molar refractivity (Wildman–Crippen MR) is 92.6 cm³/mol. The molecule has 2 aliphatic heterocycles. The minimum Gasteiger partial charge on any atom is -0.322 e. The van der Waals surface area contributed by atoms with Crippen LogP contribution in [-0.4, -0.2) is 35.2 Å². The molecule has 5 heteroatoms. The summed E-state index contributed by atoms with van der Waals surface area (Å²) in [5.74, 6) is -0.876. The Kier molecular flexibility index (Phi) is 9.54. The molecule has 2 rings (SSSR count). The monoisotopic (exact) mass is 320 g/mol. The summed E-state index contributed by atoms with van der Waals surface area (Å²) in [6, 6.07) is -0.571. The average Bonchev–Trinajstić information content (AvgIpc) is 2.84. The maximum atomic E-state index is 12.2. The Morgan fingerprint density at radius 3 is 2.30 bits per heavy atom. The minimum atomic E-state index is -0.571. The fraction of sp³-hybridized carbons (Fsp3) is 0.500. The number of hydrogen-bond acceptors (Lipinski definition) is 3. The van der Waals surface area contributed by atoms with Crippen molar-refractivity contribution in [1.29, 1.82) is 0 Å². The van der Waals surface area contributed by atoms with Crippen molar-refractivity contribution in [2.45, 2.75) is 53.5 Å². The molecule has 0 aromatic rings. The molecule has 0 spiro atoms. The van der Waals surface area contributed by atoms with Gasteiger partial charge in [-0.25, -0.2) is 0 Å². The van der Waals surface area contributed by atoms with E-state index in [2.05, 4.69) is 11.9 Å². The molecule has 0 aromatic heterocycles. The van der Waals surface area contributed by atoms with E-state index in [9.17, 15) is 14.4 Å². The van der Waals surface area contributed by atoms with Crippen LogP contribution >= 0.6 is 0 Å². The molecule has 0 bridgehead atoms. The summed E-state index contributed by atoms with van der Waals surface area (Å²) in [6.07, 6.45) is 5.94. The van der Waals surface area contributed by atoms with Gasteiger partial charge in [-0.2, -0.15) is 0 Å². The van der Waals surface area contributed by atoms with E-state index in [1.807, 2.05) is 40.7 Å². The van der Waals surface area contributed by atoms with Crippen LogP contribution < -0.4 is 5.32 Å². The first kappa shape index (κ1) is 20.8. The van der Waals surface area contributed by atoms with Crippen LogP contribution in [-0.2, 0) is 14.4 Å². The molecule has 2 heterocycles. The summed E-state index contributed by atoms with van der Waals surface area (Å²) in [7, 11) is 0. The largest absolute Gasteiger partial charge is 0.322 e. The molecule has 0 aromatic carbocycles. The van der Waals surface area contributed by atoms with Gasteiger partial charge >= 0.3 is 0 Å². The normalized spacial score (nSPS) is 22.6. The second-order valence-electron chi connectivity index (χ2n) is 4.61. The number of rotatable bonds is 2. The number of likely N-dealkylation sites (tertiary alicyclic amines) is 1. The van der Waals surface area contributed by atoms with Gasteiger partial charge in [-0.3, -0.25) is 19.7 Å². The molecule has 3 amide bonds. The molecule has 0 aliphatic carbocycles. The van der Waals surface area contributed by atoms with E-state index in [4.69, 9.17) is 0 Å². The first-order chi connectivity index (χ1) is 11.0. The highest BCUT2D eigenvalue weighted by Crippen LogP contribution is 2.26.